The molecule has 0 spiro atoms. The maximum atomic E-state index is 13.3. The fourth-order valence-electron chi connectivity index (χ4n) is 3.53. The standard InChI is InChI=1S/C25H20N2O2/c1-3-18-10-4-5-12-20(18)24(28)22-16-27(15-19-11-8-9-17(2)26-19)23-14-7-6-13-21(23)25(22)29/h3-14,16H,1,15H2,2H3. The minimum Gasteiger partial charge on any atom is -0.340 e. The van der Waals surface area contributed by atoms with Gasteiger partial charge in [0.15, 0.2) is 5.78 Å². The van der Waals surface area contributed by atoms with Gasteiger partial charge in [0.2, 0.25) is 5.43 Å². The number of carbonyl (C=O) groups excluding carboxylic acids is 1. The summed E-state index contributed by atoms with van der Waals surface area (Å²) in [5.74, 6) is -0.304. The Morgan fingerprint density at radius 2 is 1.76 bits per heavy atom. The van der Waals surface area contributed by atoms with Crippen LogP contribution in [0.5, 0.6) is 0 Å². The van der Waals surface area contributed by atoms with E-state index in [1.54, 1.807) is 30.5 Å². The summed E-state index contributed by atoms with van der Waals surface area (Å²) in [7, 11) is 0. The van der Waals surface area contributed by atoms with Gasteiger partial charge in [0, 0.05) is 22.8 Å². The monoisotopic (exact) mass is 380 g/mol. The van der Waals surface area contributed by atoms with Crippen molar-refractivity contribution in [2.75, 3.05) is 0 Å². The topological polar surface area (TPSA) is 52.0 Å². The Balaban J connectivity index is 1.91. The molecule has 0 N–H and O–H groups in total. The molecule has 0 unspecified atom stereocenters. The van der Waals surface area contributed by atoms with Gasteiger partial charge in [-0.15, -0.1) is 0 Å². The van der Waals surface area contributed by atoms with Gasteiger partial charge in [0.25, 0.3) is 0 Å². The van der Waals surface area contributed by atoms with E-state index in [0.717, 1.165) is 16.9 Å². The van der Waals surface area contributed by atoms with Crippen molar-refractivity contribution in [3.05, 3.63) is 118 Å². The molecule has 0 amide bonds. The van der Waals surface area contributed by atoms with Gasteiger partial charge in [0.1, 0.15) is 0 Å². The summed E-state index contributed by atoms with van der Waals surface area (Å²) in [6.07, 6.45) is 3.28. The van der Waals surface area contributed by atoms with Crippen LogP contribution in [0.1, 0.15) is 32.9 Å². The van der Waals surface area contributed by atoms with Gasteiger partial charge in [-0.05, 0) is 36.8 Å². The Labute approximate surface area is 168 Å². The summed E-state index contributed by atoms with van der Waals surface area (Å²) in [4.78, 5) is 31.0. The molecule has 4 aromatic rings. The first-order chi connectivity index (χ1) is 14.1. The van der Waals surface area contributed by atoms with Crippen LogP contribution in [0.15, 0.2) is 84.3 Å². The van der Waals surface area contributed by atoms with E-state index in [9.17, 15) is 9.59 Å². The molecule has 0 aliphatic heterocycles. The average molecular weight is 380 g/mol. The number of ketones is 1. The van der Waals surface area contributed by atoms with Crippen LogP contribution in [-0.4, -0.2) is 15.3 Å². The van der Waals surface area contributed by atoms with Gasteiger partial charge < -0.3 is 4.57 Å². The number of para-hydroxylation sites is 1. The summed E-state index contributed by atoms with van der Waals surface area (Å²) >= 11 is 0. The zero-order valence-electron chi connectivity index (χ0n) is 16.1. The van der Waals surface area contributed by atoms with E-state index in [4.69, 9.17) is 0 Å². The van der Waals surface area contributed by atoms with E-state index in [-0.39, 0.29) is 16.8 Å². The van der Waals surface area contributed by atoms with Gasteiger partial charge in [-0.2, -0.15) is 0 Å². The SMILES string of the molecule is C=Cc1ccccc1C(=O)c1cn(Cc2cccc(C)n2)c2ccccc2c1=O. The number of carbonyl (C=O) groups is 1. The van der Waals surface area contributed by atoms with Crippen LogP contribution in [0.4, 0.5) is 0 Å². The third kappa shape index (κ3) is 3.52. The zero-order valence-corrected chi connectivity index (χ0v) is 16.1. The second kappa shape index (κ2) is 7.68. The lowest BCUT2D eigenvalue weighted by atomic mass is 9.98. The number of hydrogen-bond donors (Lipinski definition) is 0. The van der Waals surface area contributed by atoms with E-state index in [2.05, 4.69) is 11.6 Å². The van der Waals surface area contributed by atoms with Crippen molar-refractivity contribution in [1.82, 2.24) is 9.55 Å². The van der Waals surface area contributed by atoms with Crippen molar-refractivity contribution in [2.24, 2.45) is 0 Å². The molecule has 142 valence electrons. The second-order valence-corrected chi connectivity index (χ2v) is 6.91. The minimum absolute atomic E-state index is 0.144. The molecule has 0 saturated carbocycles. The molecule has 2 aromatic heterocycles. The quantitative estimate of drug-likeness (QED) is 0.475. The van der Waals surface area contributed by atoms with Crippen LogP contribution in [0.2, 0.25) is 0 Å². The highest BCUT2D eigenvalue weighted by Crippen LogP contribution is 2.18. The van der Waals surface area contributed by atoms with E-state index >= 15 is 0 Å². The van der Waals surface area contributed by atoms with Crippen molar-refractivity contribution < 1.29 is 4.79 Å². The van der Waals surface area contributed by atoms with E-state index < -0.39 is 0 Å². The molecular formula is C25H20N2O2. The van der Waals surface area contributed by atoms with Crippen molar-refractivity contribution in [3.8, 4) is 0 Å². The molecule has 29 heavy (non-hydrogen) atoms. The smallest absolute Gasteiger partial charge is 0.200 e. The zero-order chi connectivity index (χ0) is 20.4. The van der Waals surface area contributed by atoms with Gasteiger partial charge in [-0.3, -0.25) is 14.6 Å². The summed E-state index contributed by atoms with van der Waals surface area (Å²) in [6.45, 7) is 6.18. The maximum absolute atomic E-state index is 13.3. The molecule has 4 nitrogen and oxygen atoms in total. The Morgan fingerprint density at radius 3 is 2.55 bits per heavy atom. The van der Waals surface area contributed by atoms with E-state index in [0.29, 0.717) is 23.1 Å². The second-order valence-electron chi connectivity index (χ2n) is 6.91. The number of aromatic nitrogens is 2. The highest BCUT2D eigenvalue weighted by molar-refractivity contribution is 6.12. The van der Waals surface area contributed by atoms with Crippen LogP contribution in [-0.2, 0) is 6.54 Å². The van der Waals surface area contributed by atoms with Crippen LogP contribution in [0.25, 0.3) is 17.0 Å². The Bertz CT molecular complexity index is 1300. The molecule has 0 saturated heterocycles. The number of fused-ring (bicyclic) bond motifs is 1. The summed E-state index contributed by atoms with van der Waals surface area (Å²) < 4.78 is 1.92. The van der Waals surface area contributed by atoms with Crippen molar-refractivity contribution >= 4 is 22.8 Å². The first-order valence-electron chi connectivity index (χ1n) is 9.39. The van der Waals surface area contributed by atoms with Gasteiger partial charge >= 0.3 is 0 Å². The highest BCUT2D eigenvalue weighted by Gasteiger charge is 2.19. The van der Waals surface area contributed by atoms with E-state index in [1.165, 1.54) is 0 Å². The van der Waals surface area contributed by atoms with Gasteiger partial charge in [-0.1, -0.05) is 55.1 Å². The fourth-order valence-corrected chi connectivity index (χ4v) is 3.53. The predicted molar refractivity (Wildman–Crippen MR) is 116 cm³/mol. The molecule has 0 bridgehead atoms. The normalized spacial score (nSPS) is 10.8. The molecular weight excluding hydrogens is 360 g/mol. The number of pyridine rings is 2. The molecule has 0 fully saturated rings. The van der Waals surface area contributed by atoms with Crippen molar-refractivity contribution in [2.45, 2.75) is 13.5 Å². The van der Waals surface area contributed by atoms with Crippen LogP contribution >= 0.6 is 0 Å². The Kier molecular flexibility index (Phi) is 4.92. The third-order valence-electron chi connectivity index (χ3n) is 4.94. The molecule has 2 aromatic carbocycles. The van der Waals surface area contributed by atoms with E-state index in [1.807, 2.05) is 60.0 Å². The highest BCUT2D eigenvalue weighted by atomic mass is 16.1. The summed E-state index contributed by atoms with van der Waals surface area (Å²) in [5, 5.41) is 0.516. The molecule has 2 heterocycles. The lowest BCUT2D eigenvalue weighted by molar-refractivity contribution is 0.103. The third-order valence-corrected chi connectivity index (χ3v) is 4.94. The van der Waals surface area contributed by atoms with Crippen LogP contribution in [0.3, 0.4) is 0 Å². The number of rotatable bonds is 5. The summed E-state index contributed by atoms with van der Waals surface area (Å²) in [5.41, 5.74) is 3.61. The van der Waals surface area contributed by atoms with Gasteiger partial charge in [-0.25, -0.2) is 0 Å². The molecule has 0 aliphatic rings. The molecule has 0 radical (unpaired) electrons. The molecule has 4 rings (SSSR count). The Hall–Kier alpha value is -3.79. The lowest BCUT2D eigenvalue weighted by Gasteiger charge is -2.14. The van der Waals surface area contributed by atoms with Gasteiger partial charge in [0.05, 0.1) is 23.3 Å². The molecule has 0 aliphatic carbocycles. The maximum Gasteiger partial charge on any atom is 0.200 e. The largest absolute Gasteiger partial charge is 0.340 e. The minimum atomic E-state index is -0.304. The average Bonchev–Trinajstić information content (AvgIpc) is 2.75. The molecule has 4 heteroatoms. The molecule has 0 atom stereocenters. The Morgan fingerprint density at radius 1 is 1.00 bits per heavy atom. The first-order valence-corrected chi connectivity index (χ1v) is 9.39. The fraction of sp³-hybridized carbons (Fsp3) is 0.0800. The number of aryl methyl sites for hydroxylation is 1. The number of nitrogens with zero attached hydrogens (tertiary/aromatic N) is 2. The first kappa shape index (κ1) is 18.6. The van der Waals surface area contributed by atoms with Crippen molar-refractivity contribution in [3.63, 3.8) is 0 Å². The number of hydrogen-bond acceptors (Lipinski definition) is 3. The van der Waals surface area contributed by atoms with Crippen LogP contribution in [0, 0.1) is 6.92 Å². The predicted octanol–water partition coefficient (Wildman–Crippen LogP) is 4.63. The summed E-state index contributed by atoms with van der Waals surface area (Å²) in [6, 6.07) is 20.3. The van der Waals surface area contributed by atoms with Crippen molar-refractivity contribution in [1.29, 1.82) is 0 Å². The van der Waals surface area contributed by atoms with Crippen LogP contribution < -0.4 is 5.43 Å². The lowest BCUT2D eigenvalue weighted by Crippen LogP contribution is -2.21. The number of benzene rings is 2.